The first-order chi connectivity index (χ1) is 8.29. The Balaban J connectivity index is 1.70. The van der Waals surface area contributed by atoms with Gasteiger partial charge in [0.1, 0.15) is 5.01 Å². The summed E-state index contributed by atoms with van der Waals surface area (Å²) in [6, 6.07) is 0.761. The largest absolute Gasteiger partial charge is 0.314 e. The van der Waals surface area contributed by atoms with Crippen molar-refractivity contribution in [2.45, 2.75) is 49.9 Å². The number of rotatable bonds is 6. The summed E-state index contributed by atoms with van der Waals surface area (Å²) in [6.07, 6.45) is 5.46. The van der Waals surface area contributed by atoms with Crippen LogP contribution in [0.25, 0.3) is 0 Å². The minimum atomic E-state index is 0.761. The molecule has 96 valence electrons. The van der Waals surface area contributed by atoms with Crippen LogP contribution in [-0.2, 0) is 0 Å². The third-order valence-electron chi connectivity index (χ3n) is 3.35. The first-order valence-corrected chi connectivity index (χ1v) is 8.26. The van der Waals surface area contributed by atoms with E-state index in [2.05, 4.69) is 22.4 Å². The summed E-state index contributed by atoms with van der Waals surface area (Å²) >= 11 is 3.57. The van der Waals surface area contributed by atoms with E-state index in [1.807, 2.05) is 18.7 Å². The maximum Gasteiger partial charge on any atom is 0.174 e. The van der Waals surface area contributed by atoms with Gasteiger partial charge in [-0.3, -0.25) is 0 Å². The molecule has 1 fully saturated rings. The van der Waals surface area contributed by atoms with Crippen molar-refractivity contribution < 1.29 is 0 Å². The molecule has 5 heteroatoms. The topological polar surface area (TPSA) is 37.8 Å². The predicted octanol–water partition coefficient (Wildman–Crippen LogP) is 3.11. The van der Waals surface area contributed by atoms with Gasteiger partial charge in [-0.15, -0.1) is 10.2 Å². The smallest absolute Gasteiger partial charge is 0.174 e. The summed E-state index contributed by atoms with van der Waals surface area (Å²) in [4.78, 5) is 0. The molecule has 2 rings (SSSR count). The van der Waals surface area contributed by atoms with Crippen molar-refractivity contribution in [1.82, 2.24) is 15.5 Å². The number of aromatic nitrogens is 2. The second-order valence-corrected chi connectivity index (χ2v) is 7.10. The zero-order valence-electron chi connectivity index (χ0n) is 10.6. The van der Waals surface area contributed by atoms with E-state index in [1.54, 1.807) is 11.3 Å². The van der Waals surface area contributed by atoms with Crippen molar-refractivity contribution in [1.29, 1.82) is 0 Å². The molecule has 0 aromatic carbocycles. The average molecular weight is 271 g/mol. The molecule has 0 radical (unpaired) electrons. The van der Waals surface area contributed by atoms with Crippen LogP contribution in [0.1, 0.15) is 37.6 Å². The molecule has 1 aromatic rings. The Labute approximate surface area is 112 Å². The molecular weight excluding hydrogens is 250 g/mol. The van der Waals surface area contributed by atoms with Crippen LogP contribution in [0.4, 0.5) is 0 Å². The molecule has 0 bridgehead atoms. The van der Waals surface area contributed by atoms with E-state index in [0.29, 0.717) is 0 Å². The van der Waals surface area contributed by atoms with Gasteiger partial charge >= 0.3 is 0 Å². The van der Waals surface area contributed by atoms with Gasteiger partial charge in [0, 0.05) is 11.8 Å². The monoisotopic (exact) mass is 271 g/mol. The van der Waals surface area contributed by atoms with Crippen molar-refractivity contribution >= 4 is 23.1 Å². The van der Waals surface area contributed by atoms with Crippen LogP contribution in [0, 0.1) is 12.8 Å². The molecule has 1 aliphatic carbocycles. The molecule has 0 spiro atoms. The fraction of sp³-hybridized carbons (Fsp3) is 0.833. The van der Waals surface area contributed by atoms with E-state index in [9.17, 15) is 0 Å². The normalized spacial score (nSPS) is 24.4. The lowest BCUT2D eigenvalue weighted by atomic mass is 10.0. The van der Waals surface area contributed by atoms with Crippen LogP contribution in [0.2, 0.25) is 0 Å². The lowest BCUT2D eigenvalue weighted by molar-refractivity contribution is 0.400. The van der Waals surface area contributed by atoms with E-state index in [0.717, 1.165) is 27.9 Å². The SMILES string of the molecule is CCNC1CCCC1CCSc1nnc(C)s1. The Morgan fingerprint density at radius 1 is 1.41 bits per heavy atom. The van der Waals surface area contributed by atoms with Crippen molar-refractivity contribution in [3.8, 4) is 0 Å². The van der Waals surface area contributed by atoms with E-state index in [4.69, 9.17) is 0 Å². The van der Waals surface area contributed by atoms with Gasteiger partial charge in [-0.05, 0) is 38.6 Å². The quantitative estimate of drug-likeness (QED) is 0.807. The van der Waals surface area contributed by atoms with Gasteiger partial charge in [-0.2, -0.15) is 0 Å². The fourth-order valence-electron chi connectivity index (χ4n) is 2.55. The van der Waals surface area contributed by atoms with Crippen molar-refractivity contribution in [3.05, 3.63) is 5.01 Å². The predicted molar refractivity (Wildman–Crippen MR) is 74.8 cm³/mol. The molecule has 1 N–H and O–H groups in total. The van der Waals surface area contributed by atoms with Crippen LogP contribution < -0.4 is 5.32 Å². The van der Waals surface area contributed by atoms with Crippen LogP contribution in [0.3, 0.4) is 0 Å². The fourth-order valence-corrected chi connectivity index (χ4v) is 4.50. The third-order valence-corrected chi connectivity index (χ3v) is 5.35. The number of nitrogens with one attached hydrogen (secondary N) is 1. The Morgan fingerprint density at radius 3 is 3.00 bits per heavy atom. The summed E-state index contributed by atoms with van der Waals surface area (Å²) in [7, 11) is 0. The van der Waals surface area contributed by atoms with E-state index >= 15 is 0 Å². The van der Waals surface area contributed by atoms with Gasteiger partial charge in [0.05, 0.1) is 0 Å². The molecule has 1 aliphatic rings. The molecule has 2 unspecified atom stereocenters. The number of thioether (sulfide) groups is 1. The van der Waals surface area contributed by atoms with Crippen molar-refractivity contribution in [2.24, 2.45) is 5.92 Å². The summed E-state index contributed by atoms with van der Waals surface area (Å²) in [5.41, 5.74) is 0. The van der Waals surface area contributed by atoms with Crippen molar-refractivity contribution in [2.75, 3.05) is 12.3 Å². The minimum absolute atomic E-state index is 0.761. The van der Waals surface area contributed by atoms with Crippen LogP contribution in [-0.4, -0.2) is 28.5 Å². The summed E-state index contributed by atoms with van der Waals surface area (Å²) < 4.78 is 1.13. The highest BCUT2D eigenvalue weighted by atomic mass is 32.2. The second kappa shape index (κ2) is 6.71. The molecule has 0 aliphatic heterocycles. The summed E-state index contributed by atoms with van der Waals surface area (Å²) in [5, 5.41) is 12.9. The Morgan fingerprint density at radius 2 is 2.29 bits per heavy atom. The standard InChI is InChI=1S/C12H21N3S2/c1-3-13-11-6-4-5-10(11)7-8-16-12-15-14-9(2)17-12/h10-11,13H,3-8H2,1-2H3. The Hall–Kier alpha value is -0.130. The highest BCUT2D eigenvalue weighted by Crippen LogP contribution is 2.31. The summed E-state index contributed by atoms with van der Waals surface area (Å²) in [6.45, 7) is 5.32. The van der Waals surface area contributed by atoms with Crippen LogP contribution in [0.15, 0.2) is 4.34 Å². The molecular formula is C12H21N3S2. The first-order valence-electron chi connectivity index (χ1n) is 6.46. The van der Waals surface area contributed by atoms with E-state index in [1.165, 1.54) is 31.4 Å². The van der Waals surface area contributed by atoms with Gasteiger partial charge in [0.2, 0.25) is 0 Å². The molecule has 2 atom stereocenters. The number of aryl methyl sites for hydroxylation is 1. The Bertz CT molecular complexity index is 340. The highest BCUT2D eigenvalue weighted by molar-refractivity contribution is 8.01. The number of hydrogen-bond acceptors (Lipinski definition) is 5. The molecule has 0 saturated heterocycles. The molecule has 1 heterocycles. The highest BCUT2D eigenvalue weighted by Gasteiger charge is 2.25. The van der Waals surface area contributed by atoms with Crippen LogP contribution >= 0.6 is 23.1 Å². The second-order valence-electron chi connectivity index (χ2n) is 4.58. The zero-order valence-corrected chi connectivity index (χ0v) is 12.2. The third kappa shape index (κ3) is 3.93. The van der Waals surface area contributed by atoms with Gasteiger partial charge in [0.25, 0.3) is 0 Å². The van der Waals surface area contributed by atoms with E-state index < -0.39 is 0 Å². The van der Waals surface area contributed by atoms with Crippen LogP contribution in [0.5, 0.6) is 0 Å². The lowest BCUT2D eigenvalue weighted by Crippen LogP contribution is -2.32. The van der Waals surface area contributed by atoms with Crippen molar-refractivity contribution in [3.63, 3.8) is 0 Å². The summed E-state index contributed by atoms with van der Waals surface area (Å²) in [5.74, 6) is 2.05. The maximum atomic E-state index is 4.15. The average Bonchev–Trinajstić information content (AvgIpc) is 2.90. The lowest BCUT2D eigenvalue weighted by Gasteiger charge is -2.19. The maximum absolute atomic E-state index is 4.15. The first kappa shape index (κ1) is 13.3. The number of hydrogen-bond donors (Lipinski definition) is 1. The Kier molecular flexibility index (Phi) is 5.25. The van der Waals surface area contributed by atoms with Gasteiger partial charge in [-0.25, -0.2) is 0 Å². The molecule has 3 nitrogen and oxygen atoms in total. The molecule has 17 heavy (non-hydrogen) atoms. The zero-order chi connectivity index (χ0) is 12.1. The van der Waals surface area contributed by atoms with Gasteiger partial charge in [-0.1, -0.05) is 36.4 Å². The molecule has 0 amide bonds. The number of nitrogens with zero attached hydrogens (tertiary/aromatic N) is 2. The molecule has 1 saturated carbocycles. The minimum Gasteiger partial charge on any atom is -0.314 e. The van der Waals surface area contributed by atoms with E-state index in [-0.39, 0.29) is 0 Å². The van der Waals surface area contributed by atoms with Gasteiger partial charge < -0.3 is 5.32 Å². The van der Waals surface area contributed by atoms with Gasteiger partial charge in [0.15, 0.2) is 4.34 Å². The molecule has 1 aromatic heterocycles.